The molecule has 0 heterocycles. The molecule has 0 aliphatic carbocycles. The summed E-state index contributed by atoms with van der Waals surface area (Å²) in [5.41, 5.74) is -0.315. The van der Waals surface area contributed by atoms with Gasteiger partial charge in [0, 0.05) is 0 Å². The molecule has 2 heteroatoms. The highest BCUT2D eigenvalue weighted by molar-refractivity contribution is 5.75. The van der Waals surface area contributed by atoms with Crippen molar-refractivity contribution in [1.82, 2.24) is 0 Å². The second-order valence-electron chi connectivity index (χ2n) is 5.33. The fraction of sp³-hybridized carbons (Fsp3) is 0.923. The summed E-state index contributed by atoms with van der Waals surface area (Å²) in [5.74, 6) is 0.368. The van der Waals surface area contributed by atoms with E-state index in [1.54, 1.807) is 0 Å². The van der Waals surface area contributed by atoms with Gasteiger partial charge in [-0.25, -0.2) is 0 Å². The number of rotatable bonds is 7. The van der Waals surface area contributed by atoms with Crippen LogP contribution >= 0.6 is 0 Å². The van der Waals surface area contributed by atoms with E-state index in [1.165, 1.54) is 12.8 Å². The molecule has 0 bridgehead atoms. The van der Waals surface area contributed by atoms with Gasteiger partial charge >= 0.3 is 5.97 Å². The first-order valence-electron chi connectivity index (χ1n) is 6.07. The fourth-order valence-corrected chi connectivity index (χ4v) is 1.36. The zero-order valence-corrected chi connectivity index (χ0v) is 10.9. The Hall–Kier alpha value is -0.530. The number of unbranched alkanes of at least 4 members (excludes halogenated alkanes) is 2. The highest BCUT2D eigenvalue weighted by Crippen LogP contribution is 2.25. The van der Waals surface area contributed by atoms with E-state index < -0.39 is 0 Å². The molecule has 0 unspecified atom stereocenters. The first-order valence-corrected chi connectivity index (χ1v) is 6.07. The van der Waals surface area contributed by atoms with E-state index >= 15 is 0 Å². The Morgan fingerprint density at radius 3 is 2.33 bits per heavy atom. The van der Waals surface area contributed by atoms with Crippen molar-refractivity contribution in [1.29, 1.82) is 0 Å². The van der Waals surface area contributed by atoms with Crippen LogP contribution in [0.1, 0.15) is 60.3 Å². The summed E-state index contributed by atoms with van der Waals surface area (Å²) >= 11 is 0. The van der Waals surface area contributed by atoms with Crippen molar-refractivity contribution in [2.24, 2.45) is 11.3 Å². The molecule has 0 radical (unpaired) electrons. The van der Waals surface area contributed by atoms with Crippen molar-refractivity contribution in [2.75, 3.05) is 6.61 Å². The quantitative estimate of drug-likeness (QED) is 0.476. The number of esters is 1. The van der Waals surface area contributed by atoms with Gasteiger partial charge in [-0.05, 0) is 26.2 Å². The summed E-state index contributed by atoms with van der Waals surface area (Å²) in [5, 5.41) is 0. The van der Waals surface area contributed by atoms with Crippen molar-refractivity contribution in [3.63, 3.8) is 0 Å². The lowest BCUT2D eigenvalue weighted by Gasteiger charge is -2.23. The van der Waals surface area contributed by atoms with Gasteiger partial charge < -0.3 is 4.74 Å². The lowest BCUT2D eigenvalue weighted by molar-refractivity contribution is -0.155. The minimum Gasteiger partial charge on any atom is -0.465 e. The van der Waals surface area contributed by atoms with E-state index in [9.17, 15) is 4.79 Å². The van der Waals surface area contributed by atoms with Crippen molar-refractivity contribution >= 4 is 5.97 Å². The van der Waals surface area contributed by atoms with E-state index in [0.717, 1.165) is 12.8 Å². The average Bonchev–Trinajstić information content (AvgIpc) is 2.14. The van der Waals surface area contributed by atoms with Gasteiger partial charge in [-0.3, -0.25) is 4.79 Å². The number of carbonyl (C=O) groups excluding carboxylic acids is 1. The van der Waals surface area contributed by atoms with Crippen LogP contribution < -0.4 is 0 Å². The van der Waals surface area contributed by atoms with Crippen LogP contribution in [0.2, 0.25) is 0 Å². The minimum atomic E-state index is -0.315. The van der Waals surface area contributed by atoms with Gasteiger partial charge in [-0.1, -0.05) is 40.0 Å². The topological polar surface area (TPSA) is 26.3 Å². The van der Waals surface area contributed by atoms with Gasteiger partial charge in [0.25, 0.3) is 0 Å². The van der Waals surface area contributed by atoms with Crippen LogP contribution in [0.25, 0.3) is 0 Å². The zero-order chi connectivity index (χ0) is 11.9. The van der Waals surface area contributed by atoms with Gasteiger partial charge in [0.1, 0.15) is 0 Å². The minimum absolute atomic E-state index is 0.0488. The predicted molar refractivity (Wildman–Crippen MR) is 63.7 cm³/mol. The first-order chi connectivity index (χ1) is 6.90. The van der Waals surface area contributed by atoms with Crippen molar-refractivity contribution in [2.45, 2.75) is 60.3 Å². The molecule has 15 heavy (non-hydrogen) atoms. The van der Waals surface area contributed by atoms with Crippen LogP contribution in [0.4, 0.5) is 0 Å². The largest absolute Gasteiger partial charge is 0.465 e. The molecule has 0 fully saturated rings. The van der Waals surface area contributed by atoms with Crippen LogP contribution in [0.5, 0.6) is 0 Å². The van der Waals surface area contributed by atoms with Crippen LogP contribution in [-0.4, -0.2) is 12.6 Å². The lowest BCUT2D eigenvalue weighted by Crippen LogP contribution is -2.27. The number of ether oxygens (including phenoxy) is 1. The Morgan fingerprint density at radius 1 is 1.27 bits per heavy atom. The molecule has 0 N–H and O–H groups in total. The highest BCUT2D eigenvalue weighted by Gasteiger charge is 2.28. The number of hydrogen-bond acceptors (Lipinski definition) is 2. The summed E-state index contributed by atoms with van der Waals surface area (Å²) < 4.78 is 5.26. The molecule has 0 aromatic rings. The molecule has 0 aliphatic heterocycles. The summed E-state index contributed by atoms with van der Waals surface area (Å²) in [7, 11) is 0. The molecule has 0 saturated carbocycles. The molecular formula is C13H26O2. The smallest absolute Gasteiger partial charge is 0.311 e. The Labute approximate surface area is 94.4 Å². The van der Waals surface area contributed by atoms with Gasteiger partial charge in [-0.2, -0.15) is 0 Å². The van der Waals surface area contributed by atoms with Crippen LogP contribution in [0, 0.1) is 11.3 Å². The second kappa shape index (κ2) is 6.86. The zero-order valence-electron chi connectivity index (χ0n) is 10.9. The maximum absolute atomic E-state index is 11.7. The number of hydrogen-bond donors (Lipinski definition) is 0. The Morgan fingerprint density at radius 2 is 1.87 bits per heavy atom. The first kappa shape index (κ1) is 14.5. The van der Waals surface area contributed by atoms with E-state index in [2.05, 4.69) is 20.8 Å². The van der Waals surface area contributed by atoms with Crippen LogP contribution in [-0.2, 0) is 9.53 Å². The molecule has 2 nitrogen and oxygen atoms in total. The summed E-state index contributed by atoms with van der Waals surface area (Å²) in [6, 6.07) is 0. The van der Waals surface area contributed by atoms with E-state index in [-0.39, 0.29) is 11.4 Å². The third kappa shape index (κ3) is 6.53. The van der Waals surface area contributed by atoms with Crippen molar-refractivity contribution in [3.8, 4) is 0 Å². The van der Waals surface area contributed by atoms with Gasteiger partial charge in [-0.15, -0.1) is 0 Å². The fourth-order valence-electron chi connectivity index (χ4n) is 1.36. The maximum atomic E-state index is 11.7. The lowest BCUT2D eigenvalue weighted by atomic mass is 9.87. The molecule has 0 aromatic heterocycles. The molecule has 90 valence electrons. The second-order valence-corrected chi connectivity index (χ2v) is 5.33. The summed E-state index contributed by atoms with van der Waals surface area (Å²) in [6.45, 7) is 10.8. The van der Waals surface area contributed by atoms with Crippen LogP contribution in [0.15, 0.2) is 0 Å². The maximum Gasteiger partial charge on any atom is 0.311 e. The van der Waals surface area contributed by atoms with Crippen LogP contribution in [0.3, 0.4) is 0 Å². The third-order valence-electron chi connectivity index (χ3n) is 2.51. The van der Waals surface area contributed by atoms with Gasteiger partial charge in [0.2, 0.25) is 0 Å². The standard InChI is InChI=1S/C13H26O2/c1-6-7-8-9-13(4,5)12(14)15-10-11(2)3/h11H,6-10H2,1-5H3. The molecule has 0 aliphatic rings. The monoisotopic (exact) mass is 214 g/mol. The highest BCUT2D eigenvalue weighted by atomic mass is 16.5. The van der Waals surface area contributed by atoms with Gasteiger partial charge in [0.15, 0.2) is 0 Å². The average molecular weight is 214 g/mol. The number of carbonyl (C=O) groups is 1. The molecule has 0 aromatic carbocycles. The molecule has 0 amide bonds. The van der Waals surface area contributed by atoms with Gasteiger partial charge in [0.05, 0.1) is 12.0 Å². The summed E-state index contributed by atoms with van der Waals surface area (Å²) in [6.07, 6.45) is 4.43. The molecule has 0 atom stereocenters. The normalized spacial score (nSPS) is 11.9. The van der Waals surface area contributed by atoms with E-state index in [4.69, 9.17) is 4.74 Å². The van der Waals surface area contributed by atoms with Crippen molar-refractivity contribution in [3.05, 3.63) is 0 Å². The molecule has 0 spiro atoms. The SMILES string of the molecule is CCCCCC(C)(C)C(=O)OCC(C)C. The predicted octanol–water partition coefficient (Wildman–Crippen LogP) is 3.79. The van der Waals surface area contributed by atoms with E-state index in [0.29, 0.717) is 12.5 Å². The third-order valence-corrected chi connectivity index (χ3v) is 2.51. The Bertz CT molecular complexity index is 183. The van der Waals surface area contributed by atoms with E-state index in [1.807, 2.05) is 13.8 Å². The Balaban J connectivity index is 3.91. The molecule has 0 rings (SSSR count). The summed E-state index contributed by atoms with van der Waals surface area (Å²) in [4.78, 5) is 11.7. The molecule has 0 saturated heterocycles. The molecular weight excluding hydrogens is 188 g/mol. The Kier molecular flexibility index (Phi) is 6.62. The van der Waals surface area contributed by atoms with Crippen molar-refractivity contribution < 1.29 is 9.53 Å².